The first-order valence-electron chi connectivity index (χ1n) is 8.55. The smallest absolute Gasteiger partial charge is 0.244 e. The van der Waals surface area contributed by atoms with Crippen molar-refractivity contribution in [3.8, 4) is 5.69 Å². The van der Waals surface area contributed by atoms with Gasteiger partial charge in [0.05, 0.1) is 18.1 Å². The van der Waals surface area contributed by atoms with Crippen LogP contribution in [0.2, 0.25) is 0 Å². The highest BCUT2D eigenvalue weighted by atomic mass is 19.1. The van der Waals surface area contributed by atoms with E-state index in [-0.39, 0.29) is 17.8 Å². The maximum absolute atomic E-state index is 14.2. The zero-order valence-corrected chi connectivity index (χ0v) is 14.1. The summed E-state index contributed by atoms with van der Waals surface area (Å²) in [7, 11) is 0. The number of carbonyl (C=O) groups excluding carboxylic acids is 1. The Hall–Kier alpha value is -3.21. The zero-order valence-electron chi connectivity index (χ0n) is 14.1. The van der Waals surface area contributed by atoms with E-state index >= 15 is 0 Å². The fourth-order valence-electron chi connectivity index (χ4n) is 3.34. The number of rotatable bonds is 4. The van der Waals surface area contributed by atoms with Crippen molar-refractivity contribution in [2.24, 2.45) is 0 Å². The Morgan fingerprint density at radius 3 is 2.96 bits per heavy atom. The molecule has 1 aliphatic carbocycles. The second-order valence-electron chi connectivity index (χ2n) is 6.31. The largest absolute Gasteiger partial charge is 0.346 e. The van der Waals surface area contributed by atoms with Crippen molar-refractivity contribution in [1.29, 1.82) is 0 Å². The molecule has 0 radical (unpaired) electrons. The fourth-order valence-corrected chi connectivity index (χ4v) is 3.34. The molecule has 2 aromatic carbocycles. The quantitative estimate of drug-likeness (QED) is 0.729. The summed E-state index contributed by atoms with van der Waals surface area (Å²) in [6, 6.07) is 13.1. The Bertz CT molecular complexity index is 963. The van der Waals surface area contributed by atoms with Crippen LogP contribution in [0, 0.1) is 5.82 Å². The molecule has 1 unspecified atom stereocenters. The third kappa shape index (κ3) is 3.28. The number of fused-ring (bicyclic) bond motifs is 1. The van der Waals surface area contributed by atoms with E-state index in [0.29, 0.717) is 11.3 Å². The van der Waals surface area contributed by atoms with Gasteiger partial charge in [-0.05, 0) is 47.7 Å². The number of hydrogen-bond donors (Lipinski definition) is 1. The highest BCUT2D eigenvalue weighted by Gasteiger charge is 2.22. The average molecular weight is 347 g/mol. The molecule has 0 spiro atoms. The molecular formula is C21H18FN3O. The molecule has 0 bridgehead atoms. The predicted molar refractivity (Wildman–Crippen MR) is 98.2 cm³/mol. The molecule has 1 aromatic heterocycles. The molecule has 4 rings (SSSR count). The fraction of sp³-hybridized carbons (Fsp3) is 0.143. The topological polar surface area (TPSA) is 46.9 Å². The van der Waals surface area contributed by atoms with Crippen LogP contribution < -0.4 is 5.32 Å². The van der Waals surface area contributed by atoms with Crippen LogP contribution in [0.5, 0.6) is 0 Å². The van der Waals surface area contributed by atoms with Gasteiger partial charge in [-0.15, -0.1) is 0 Å². The molecule has 1 amide bonds. The number of hydrogen-bond acceptors (Lipinski definition) is 2. The van der Waals surface area contributed by atoms with Gasteiger partial charge in [0.25, 0.3) is 0 Å². The van der Waals surface area contributed by atoms with E-state index in [1.807, 2.05) is 12.1 Å². The standard InChI is InChI=1S/C21H18FN3O/c22-18-13-15(5-9-20(18)25-12-11-23-14-25)6-10-21(26)24-19-8-7-16-3-1-2-4-17(16)19/h1-6,9-14,19H,7-8H2,(H,24,26)/b10-6+. The molecular weight excluding hydrogens is 329 g/mol. The van der Waals surface area contributed by atoms with Gasteiger partial charge in [0, 0.05) is 18.5 Å². The highest BCUT2D eigenvalue weighted by molar-refractivity contribution is 5.92. The summed E-state index contributed by atoms with van der Waals surface area (Å²) in [5.74, 6) is -0.541. The Labute approximate surface area is 151 Å². The number of aryl methyl sites for hydroxylation is 1. The van der Waals surface area contributed by atoms with Crippen molar-refractivity contribution in [2.45, 2.75) is 18.9 Å². The van der Waals surface area contributed by atoms with Crippen LogP contribution in [-0.2, 0) is 11.2 Å². The zero-order chi connectivity index (χ0) is 17.9. The first-order chi connectivity index (χ1) is 12.7. The molecule has 4 nitrogen and oxygen atoms in total. The monoisotopic (exact) mass is 347 g/mol. The van der Waals surface area contributed by atoms with Gasteiger partial charge in [-0.2, -0.15) is 0 Å². The SMILES string of the molecule is O=C(/C=C/c1ccc(-n2ccnc2)c(F)c1)NC1CCc2ccccc21. The van der Waals surface area contributed by atoms with Crippen LogP contribution >= 0.6 is 0 Å². The first kappa shape index (κ1) is 16.3. The molecule has 1 heterocycles. The molecule has 0 saturated heterocycles. The van der Waals surface area contributed by atoms with E-state index in [9.17, 15) is 9.18 Å². The van der Waals surface area contributed by atoms with Gasteiger partial charge in [-0.25, -0.2) is 9.37 Å². The van der Waals surface area contributed by atoms with Gasteiger partial charge >= 0.3 is 0 Å². The van der Waals surface area contributed by atoms with Crippen LogP contribution in [0.3, 0.4) is 0 Å². The third-order valence-corrected chi connectivity index (χ3v) is 4.63. The predicted octanol–water partition coefficient (Wildman–Crippen LogP) is 3.83. The van der Waals surface area contributed by atoms with Crippen molar-refractivity contribution >= 4 is 12.0 Å². The molecule has 130 valence electrons. The minimum Gasteiger partial charge on any atom is -0.346 e. The van der Waals surface area contributed by atoms with Crippen LogP contribution in [0.15, 0.2) is 67.3 Å². The summed E-state index contributed by atoms with van der Waals surface area (Å²) < 4.78 is 15.9. The maximum Gasteiger partial charge on any atom is 0.244 e. The molecule has 0 fully saturated rings. The second-order valence-corrected chi connectivity index (χ2v) is 6.31. The van der Waals surface area contributed by atoms with E-state index in [1.165, 1.54) is 23.3 Å². The molecule has 5 heteroatoms. The normalized spacial score (nSPS) is 16.0. The van der Waals surface area contributed by atoms with Crippen LogP contribution in [0.1, 0.15) is 29.2 Å². The van der Waals surface area contributed by atoms with Gasteiger partial charge in [0.2, 0.25) is 5.91 Å². The number of amides is 1. The van der Waals surface area contributed by atoms with Gasteiger partial charge in [-0.1, -0.05) is 30.3 Å². The third-order valence-electron chi connectivity index (χ3n) is 4.63. The Kier molecular flexibility index (Phi) is 4.35. The lowest BCUT2D eigenvalue weighted by atomic mass is 10.1. The lowest BCUT2D eigenvalue weighted by Gasteiger charge is -2.12. The molecule has 1 atom stereocenters. The number of imidazole rings is 1. The Balaban J connectivity index is 1.43. The summed E-state index contributed by atoms with van der Waals surface area (Å²) in [4.78, 5) is 16.1. The highest BCUT2D eigenvalue weighted by Crippen LogP contribution is 2.30. The number of carbonyl (C=O) groups is 1. The van der Waals surface area contributed by atoms with Crippen molar-refractivity contribution in [2.75, 3.05) is 0 Å². The van der Waals surface area contributed by atoms with Gasteiger partial charge in [0.15, 0.2) is 0 Å². The van der Waals surface area contributed by atoms with Crippen molar-refractivity contribution < 1.29 is 9.18 Å². The number of nitrogens with zero attached hydrogens (tertiary/aromatic N) is 2. The number of halogens is 1. The van der Waals surface area contributed by atoms with Gasteiger partial charge in [0.1, 0.15) is 5.82 Å². The number of benzene rings is 2. The molecule has 0 saturated carbocycles. The summed E-state index contributed by atoms with van der Waals surface area (Å²) >= 11 is 0. The van der Waals surface area contributed by atoms with Crippen LogP contribution in [0.25, 0.3) is 11.8 Å². The average Bonchev–Trinajstić information content (AvgIpc) is 3.31. The van der Waals surface area contributed by atoms with Crippen LogP contribution in [-0.4, -0.2) is 15.5 Å². The number of aromatic nitrogens is 2. The summed E-state index contributed by atoms with van der Waals surface area (Å²) in [5.41, 5.74) is 3.53. The van der Waals surface area contributed by atoms with Gasteiger partial charge in [-0.3, -0.25) is 4.79 Å². The van der Waals surface area contributed by atoms with E-state index in [0.717, 1.165) is 12.8 Å². The van der Waals surface area contributed by atoms with E-state index in [1.54, 1.807) is 41.5 Å². The maximum atomic E-state index is 14.2. The Morgan fingerprint density at radius 1 is 1.27 bits per heavy atom. The van der Waals surface area contributed by atoms with Crippen molar-refractivity contribution in [3.63, 3.8) is 0 Å². The Morgan fingerprint density at radius 2 is 2.15 bits per heavy atom. The molecule has 1 aliphatic rings. The van der Waals surface area contributed by atoms with E-state index in [4.69, 9.17) is 0 Å². The summed E-state index contributed by atoms with van der Waals surface area (Å²) in [5, 5.41) is 3.02. The number of nitrogens with one attached hydrogen (secondary N) is 1. The minimum atomic E-state index is -0.365. The molecule has 3 aromatic rings. The van der Waals surface area contributed by atoms with Crippen molar-refractivity contribution in [3.05, 3.63) is 89.8 Å². The molecule has 26 heavy (non-hydrogen) atoms. The first-order valence-corrected chi connectivity index (χ1v) is 8.55. The second kappa shape index (κ2) is 6.96. The van der Waals surface area contributed by atoms with E-state index < -0.39 is 0 Å². The minimum absolute atomic E-state index is 0.0451. The van der Waals surface area contributed by atoms with Crippen LogP contribution in [0.4, 0.5) is 4.39 Å². The lowest BCUT2D eigenvalue weighted by Crippen LogP contribution is -2.25. The molecule has 0 aliphatic heterocycles. The lowest BCUT2D eigenvalue weighted by molar-refractivity contribution is -0.117. The van der Waals surface area contributed by atoms with Gasteiger partial charge < -0.3 is 9.88 Å². The molecule has 1 N–H and O–H groups in total. The summed E-state index contributed by atoms with van der Waals surface area (Å²) in [6.45, 7) is 0. The van der Waals surface area contributed by atoms with Crippen molar-refractivity contribution in [1.82, 2.24) is 14.9 Å². The van der Waals surface area contributed by atoms with E-state index in [2.05, 4.69) is 22.4 Å². The summed E-state index contributed by atoms with van der Waals surface area (Å²) in [6.07, 6.45) is 9.78.